The van der Waals surface area contributed by atoms with Crippen molar-refractivity contribution < 1.29 is 9.47 Å². The standard InChI is InChI=1S/C61H45NO2/c1-6-18-42(19-7-1)44-30-33-49(34-31-44)62(56-36-32-46(43-20-8-2-9-21-43)38-52(56)45-22-10-3-11-23-45)50-35-37-57-58(39-50)64-60-41-55-53(40-59(60)63-57)51-28-16-17-29-54(51)61(55,47-24-12-4-13-25-47)48-26-14-5-15-27-48/h1-4,6-14,16-41,51,54H,5,15H2. The highest BCUT2D eigenvalue weighted by molar-refractivity contribution is 5.91. The third kappa shape index (κ3) is 6.35. The van der Waals surface area contributed by atoms with Crippen LogP contribution < -0.4 is 14.4 Å². The highest BCUT2D eigenvalue weighted by Crippen LogP contribution is 2.63. The minimum Gasteiger partial charge on any atom is -0.449 e. The summed E-state index contributed by atoms with van der Waals surface area (Å²) >= 11 is 0. The van der Waals surface area contributed by atoms with Gasteiger partial charge in [0.25, 0.3) is 0 Å². The van der Waals surface area contributed by atoms with E-state index in [4.69, 9.17) is 9.47 Å². The molecule has 0 aromatic heterocycles. The Bertz CT molecular complexity index is 3150. The lowest BCUT2D eigenvalue weighted by Gasteiger charge is -2.40. The zero-order valence-electron chi connectivity index (χ0n) is 35.3. The summed E-state index contributed by atoms with van der Waals surface area (Å²) in [5.74, 6) is 3.24. The minimum absolute atomic E-state index is 0.197. The second-order valence-electron chi connectivity index (χ2n) is 17.1. The van der Waals surface area contributed by atoms with E-state index in [2.05, 4.69) is 242 Å². The first-order chi connectivity index (χ1) is 31.7. The maximum atomic E-state index is 7.08. The van der Waals surface area contributed by atoms with Crippen LogP contribution in [0.2, 0.25) is 0 Å². The summed E-state index contributed by atoms with van der Waals surface area (Å²) in [5.41, 5.74) is 14.8. The molecule has 0 spiro atoms. The van der Waals surface area contributed by atoms with Crippen molar-refractivity contribution in [3.8, 4) is 56.4 Å². The summed E-state index contributed by atoms with van der Waals surface area (Å²) in [7, 11) is 0. The Morgan fingerprint density at radius 3 is 1.78 bits per heavy atom. The largest absolute Gasteiger partial charge is 0.449 e. The van der Waals surface area contributed by atoms with Crippen molar-refractivity contribution in [1.82, 2.24) is 0 Å². The quantitative estimate of drug-likeness (QED) is 0.152. The van der Waals surface area contributed by atoms with Gasteiger partial charge in [-0.3, -0.25) is 0 Å². The molecule has 3 aliphatic carbocycles. The summed E-state index contributed by atoms with van der Waals surface area (Å²) in [5, 5.41) is 0. The molecule has 4 aliphatic rings. The first kappa shape index (κ1) is 37.8. The Morgan fingerprint density at radius 2 is 1.06 bits per heavy atom. The molecule has 3 atom stereocenters. The summed E-state index contributed by atoms with van der Waals surface area (Å²) < 4.78 is 13.9. The van der Waals surface area contributed by atoms with Crippen LogP contribution in [0.5, 0.6) is 23.0 Å². The second-order valence-corrected chi connectivity index (χ2v) is 17.1. The van der Waals surface area contributed by atoms with Crippen molar-refractivity contribution in [2.45, 2.75) is 24.2 Å². The first-order valence-electron chi connectivity index (χ1n) is 22.4. The number of hydrogen-bond acceptors (Lipinski definition) is 3. The Labute approximate surface area is 375 Å². The molecule has 1 aliphatic heterocycles. The predicted octanol–water partition coefficient (Wildman–Crippen LogP) is 16.5. The second kappa shape index (κ2) is 15.8. The fraction of sp³-hybridized carbons (Fsp3) is 0.0820. The van der Waals surface area contributed by atoms with Gasteiger partial charge >= 0.3 is 0 Å². The van der Waals surface area contributed by atoms with Gasteiger partial charge in [-0.2, -0.15) is 0 Å². The van der Waals surface area contributed by atoms with E-state index >= 15 is 0 Å². The average Bonchev–Trinajstić information content (AvgIpc) is 3.66. The number of fused-ring (bicyclic) bond motifs is 5. The van der Waals surface area contributed by atoms with E-state index in [1.165, 1.54) is 33.4 Å². The summed E-state index contributed by atoms with van der Waals surface area (Å²) in [4.78, 5) is 2.35. The van der Waals surface area contributed by atoms with Gasteiger partial charge in [0, 0.05) is 29.2 Å². The molecule has 8 aromatic rings. The minimum atomic E-state index is -0.386. The molecule has 0 N–H and O–H groups in total. The van der Waals surface area contributed by atoms with E-state index in [1.807, 2.05) is 0 Å². The third-order valence-electron chi connectivity index (χ3n) is 13.5. The highest BCUT2D eigenvalue weighted by atomic mass is 16.6. The van der Waals surface area contributed by atoms with E-state index < -0.39 is 0 Å². The van der Waals surface area contributed by atoms with Gasteiger partial charge in [0.15, 0.2) is 23.0 Å². The van der Waals surface area contributed by atoms with Crippen LogP contribution >= 0.6 is 0 Å². The van der Waals surface area contributed by atoms with Crippen LogP contribution in [0.15, 0.2) is 242 Å². The van der Waals surface area contributed by atoms with Crippen molar-refractivity contribution in [1.29, 1.82) is 0 Å². The van der Waals surface area contributed by atoms with Crippen molar-refractivity contribution in [2.75, 3.05) is 4.90 Å². The molecule has 306 valence electrons. The normalized spacial score (nSPS) is 18.7. The lowest BCUT2D eigenvalue weighted by atomic mass is 9.62. The van der Waals surface area contributed by atoms with Crippen LogP contribution in [0.1, 0.15) is 35.4 Å². The molecular weight excluding hydrogens is 779 g/mol. The molecule has 1 heterocycles. The maximum absolute atomic E-state index is 7.08. The maximum Gasteiger partial charge on any atom is 0.172 e. The highest BCUT2D eigenvalue weighted by Gasteiger charge is 2.54. The number of allylic oxidation sites excluding steroid dienone is 8. The Balaban J connectivity index is 1.00. The summed E-state index contributed by atoms with van der Waals surface area (Å²) in [6, 6.07) is 69.5. The van der Waals surface area contributed by atoms with E-state index in [0.717, 1.165) is 63.7 Å². The zero-order valence-corrected chi connectivity index (χ0v) is 35.3. The van der Waals surface area contributed by atoms with Crippen molar-refractivity contribution in [3.63, 3.8) is 0 Å². The topological polar surface area (TPSA) is 21.7 Å². The van der Waals surface area contributed by atoms with E-state index in [-0.39, 0.29) is 17.3 Å². The molecule has 0 amide bonds. The van der Waals surface area contributed by atoms with Crippen LogP contribution in [0, 0.1) is 5.92 Å². The van der Waals surface area contributed by atoms with Crippen LogP contribution in [0.3, 0.4) is 0 Å². The van der Waals surface area contributed by atoms with E-state index in [9.17, 15) is 0 Å². The van der Waals surface area contributed by atoms with E-state index in [0.29, 0.717) is 11.5 Å². The Morgan fingerprint density at radius 1 is 0.469 bits per heavy atom. The van der Waals surface area contributed by atoms with Gasteiger partial charge in [0.05, 0.1) is 16.8 Å². The van der Waals surface area contributed by atoms with Gasteiger partial charge in [-0.05, 0) is 111 Å². The fourth-order valence-electron chi connectivity index (χ4n) is 10.6. The Kier molecular flexibility index (Phi) is 9.34. The van der Waals surface area contributed by atoms with Gasteiger partial charge in [-0.25, -0.2) is 0 Å². The monoisotopic (exact) mass is 823 g/mol. The van der Waals surface area contributed by atoms with Crippen LogP contribution in [-0.4, -0.2) is 0 Å². The van der Waals surface area contributed by atoms with E-state index in [1.54, 1.807) is 0 Å². The van der Waals surface area contributed by atoms with Gasteiger partial charge in [-0.1, -0.05) is 182 Å². The van der Waals surface area contributed by atoms with Gasteiger partial charge in [-0.15, -0.1) is 0 Å². The number of ether oxygens (including phenoxy) is 2. The SMILES string of the molecule is C1=CC2c3cc4c(cc3C(C3=CCCC=C3)(c3ccccc3)C2C=C1)Oc1cc(N(c2ccc(-c3ccccc3)cc2)c2ccc(-c3ccccc3)cc2-c2ccccc2)ccc1O4. The number of anilines is 3. The van der Waals surface area contributed by atoms with Gasteiger partial charge in [0.2, 0.25) is 0 Å². The first-order valence-corrected chi connectivity index (χ1v) is 22.4. The van der Waals surface area contributed by atoms with Crippen LogP contribution in [0.4, 0.5) is 17.1 Å². The third-order valence-corrected chi connectivity index (χ3v) is 13.5. The molecule has 0 saturated carbocycles. The van der Waals surface area contributed by atoms with Crippen molar-refractivity contribution in [3.05, 3.63) is 259 Å². The van der Waals surface area contributed by atoms with Crippen LogP contribution in [-0.2, 0) is 5.41 Å². The number of hydrogen-bond donors (Lipinski definition) is 0. The lowest BCUT2D eigenvalue weighted by molar-refractivity contribution is 0.358. The molecule has 3 unspecified atom stereocenters. The predicted molar refractivity (Wildman–Crippen MR) is 262 cm³/mol. The molecule has 3 heteroatoms. The smallest absolute Gasteiger partial charge is 0.172 e. The summed E-state index contributed by atoms with van der Waals surface area (Å²) in [6.07, 6.45) is 18.5. The molecule has 64 heavy (non-hydrogen) atoms. The average molecular weight is 824 g/mol. The molecule has 8 aromatic carbocycles. The fourth-order valence-corrected chi connectivity index (χ4v) is 10.6. The molecule has 0 saturated heterocycles. The molecule has 0 bridgehead atoms. The van der Waals surface area contributed by atoms with Gasteiger partial charge in [0.1, 0.15) is 0 Å². The number of rotatable bonds is 8. The molecular formula is C61H45NO2. The Hall–Kier alpha value is -7.88. The summed E-state index contributed by atoms with van der Waals surface area (Å²) in [6.45, 7) is 0. The van der Waals surface area contributed by atoms with Crippen molar-refractivity contribution in [2.24, 2.45) is 5.92 Å². The van der Waals surface area contributed by atoms with Crippen molar-refractivity contribution >= 4 is 17.1 Å². The number of benzene rings is 8. The molecule has 0 radical (unpaired) electrons. The molecule has 3 nitrogen and oxygen atoms in total. The van der Waals surface area contributed by atoms with Gasteiger partial charge < -0.3 is 14.4 Å². The molecule has 12 rings (SSSR count). The lowest BCUT2D eigenvalue weighted by Crippen LogP contribution is -2.35. The molecule has 0 fully saturated rings. The van der Waals surface area contributed by atoms with Crippen LogP contribution in [0.25, 0.3) is 33.4 Å². The zero-order chi connectivity index (χ0) is 42.5. The number of nitrogens with zero attached hydrogens (tertiary/aromatic N) is 1.